The van der Waals surface area contributed by atoms with Gasteiger partial charge in [-0.1, -0.05) is 60.1 Å². The van der Waals surface area contributed by atoms with Crippen molar-refractivity contribution in [2.75, 3.05) is 27.3 Å². The van der Waals surface area contributed by atoms with E-state index in [0.717, 1.165) is 18.3 Å². The van der Waals surface area contributed by atoms with Gasteiger partial charge in [0.05, 0.1) is 25.6 Å². The van der Waals surface area contributed by atoms with Crippen LogP contribution in [0, 0.1) is 17.8 Å². The maximum Gasteiger partial charge on any atom is 0.328 e. The van der Waals surface area contributed by atoms with Gasteiger partial charge in [0.1, 0.15) is 30.7 Å². The molecule has 0 saturated carbocycles. The first-order chi connectivity index (χ1) is 24.2. The van der Waals surface area contributed by atoms with E-state index in [1.54, 1.807) is 43.3 Å². The molecule has 0 aliphatic carbocycles. The number of benzene rings is 1. The van der Waals surface area contributed by atoms with Crippen molar-refractivity contribution in [3.8, 4) is 5.75 Å². The summed E-state index contributed by atoms with van der Waals surface area (Å²) in [6.07, 6.45) is 3.84. The fourth-order valence-electron chi connectivity index (χ4n) is 6.09. The maximum atomic E-state index is 13.7. The van der Waals surface area contributed by atoms with Gasteiger partial charge in [0.25, 0.3) is 0 Å². The van der Waals surface area contributed by atoms with Crippen LogP contribution in [0.15, 0.2) is 24.3 Å². The molecule has 51 heavy (non-hydrogen) atoms. The third-order valence-corrected chi connectivity index (χ3v) is 9.52. The van der Waals surface area contributed by atoms with Gasteiger partial charge in [-0.15, -0.1) is 0 Å². The van der Waals surface area contributed by atoms with Crippen LogP contribution in [-0.2, 0) is 39.9 Å². The molecular formula is C38H61N5O8. The standard InChI is InChI=1S/C38H61N5O8/c1-9-26(6)29(16-17-34(45)41-32(23-44)25(4)5)40-35(46)18-20-51-38(49)31(22-27-12-14-28(50-8)15-13-27)42-36(47)33-11-10-19-43(33)37(48)30(39-7)21-24(2)3/h12-15,23-26,29-33,39H,9-11,16-22H2,1-8H3,(H,40,46)(H,41,45)(H,42,47)/t26?,29-,30?,31?,32?,33?/m0/s1. The van der Waals surface area contributed by atoms with E-state index in [9.17, 15) is 28.8 Å². The highest BCUT2D eigenvalue weighted by Crippen LogP contribution is 2.21. The number of likely N-dealkylation sites (tertiary alicyclic amines) is 1. The lowest BCUT2D eigenvalue weighted by molar-refractivity contribution is -0.149. The van der Waals surface area contributed by atoms with Crippen molar-refractivity contribution in [2.45, 2.75) is 123 Å². The predicted molar refractivity (Wildman–Crippen MR) is 195 cm³/mol. The van der Waals surface area contributed by atoms with Crippen molar-refractivity contribution in [3.05, 3.63) is 29.8 Å². The summed E-state index contributed by atoms with van der Waals surface area (Å²) in [6.45, 7) is 12.0. The number of esters is 1. The van der Waals surface area contributed by atoms with E-state index in [0.29, 0.717) is 38.0 Å². The smallest absolute Gasteiger partial charge is 0.328 e. The second-order valence-electron chi connectivity index (χ2n) is 14.3. The number of amides is 4. The molecule has 2 rings (SSSR count). The number of hydrogen-bond donors (Lipinski definition) is 4. The molecular weight excluding hydrogens is 654 g/mol. The Morgan fingerprint density at radius 2 is 1.61 bits per heavy atom. The first-order valence-electron chi connectivity index (χ1n) is 18.4. The SMILES string of the molecule is CCC(C)[C@H](CCC(=O)NC(C=O)C(C)C)NC(=O)CCOC(=O)C(Cc1ccc(OC)cc1)NC(=O)C1CCCN1C(=O)C(CC(C)C)NC. The third kappa shape index (κ3) is 14.3. The number of carbonyl (C=O) groups is 6. The quantitative estimate of drug-likeness (QED) is 0.104. The van der Waals surface area contributed by atoms with Crippen molar-refractivity contribution in [3.63, 3.8) is 0 Å². The normalized spacial score (nSPS) is 17.2. The molecule has 1 saturated heterocycles. The van der Waals surface area contributed by atoms with E-state index in [-0.39, 0.29) is 67.4 Å². The lowest BCUT2D eigenvalue weighted by Gasteiger charge is -2.30. The molecule has 1 aromatic carbocycles. The average Bonchev–Trinajstić information content (AvgIpc) is 3.60. The minimum absolute atomic E-state index is 0.0318. The topological polar surface area (TPSA) is 172 Å². The number of nitrogens with one attached hydrogen (secondary N) is 4. The van der Waals surface area contributed by atoms with Gasteiger partial charge >= 0.3 is 5.97 Å². The van der Waals surface area contributed by atoms with Crippen molar-refractivity contribution < 1.29 is 38.2 Å². The Morgan fingerprint density at radius 3 is 2.18 bits per heavy atom. The Balaban J connectivity index is 2.07. The lowest BCUT2D eigenvalue weighted by atomic mass is 9.94. The molecule has 4 N–H and O–H groups in total. The lowest BCUT2D eigenvalue weighted by Crippen LogP contribution is -2.55. The van der Waals surface area contributed by atoms with Crippen molar-refractivity contribution in [1.82, 2.24) is 26.2 Å². The van der Waals surface area contributed by atoms with Crippen LogP contribution in [-0.4, -0.2) is 98.3 Å². The summed E-state index contributed by atoms with van der Waals surface area (Å²) in [5.74, 6) is -0.880. The van der Waals surface area contributed by atoms with E-state index >= 15 is 0 Å². The zero-order valence-electron chi connectivity index (χ0n) is 31.8. The Labute approximate surface area is 303 Å². The van der Waals surface area contributed by atoms with Crippen molar-refractivity contribution >= 4 is 35.9 Å². The number of rotatable bonds is 22. The molecule has 286 valence electrons. The van der Waals surface area contributed by atoms with Crippen LogP contribution < -0.4 is 26.0 Å². The van der Waals surface area contributed by atoms with Crippen molar-refractivity contribution in [1.29, 1.82) is 0 Å². The number of carbonyl (C=O) groups excluding carboxylic acids is 6. The Morgan fingerprint density at radius 1 is 0.941 bits per heavy atom. The molecule has 1 aromatic rings. The van der Waals surface area contributed by atoms with E-state index < -0.39 is 36.0 Å². The fraction of sp³-hybridized carbons (Fsp3) is 0.684. The zero-order chi connectivity index (χ0) is 38.1. The van der Waals surface area contributed by atoms with Crippen LogP contribution in [0.4, 0.5) is 0 Å². The summed E-state index contributed by atoms with van der Waals surface area (Å²) in [4.78, 5) is 78.8. The van der Waals surface area contributed by atoms with Crippen LogP contribution in [0.25, 0.3) is 0 Å². The van der Waals surface area contributed by atoms with Gasteiger partial charge < -0.3 is 40.4 Å². The molecule has 1 fully saturated rings. The minimum Gasteiger partial charge on any atom is -0.497 e. The second-order valence-corrected chi connectivity index (χ2v) is 14.3. The van der Waals surface area contributed by atoms with Crippen LogP contribution in [0.2, 0.25) is 0 Å². The van der Waals surface area contributed by atoms with Crippen LogP contribution in [0.1, 0.15) is 92.1 Å². The van der Waals surface area contributed by atoms with Gasteiger partial charge in [0.2, 0.25) is 23.6 Å². The zero-order valence-corrected chi connectivity index (χ0v) is 31.8. The van der Waals surface area contributed by atoms with Gasteiger partial charge in [0.15, 0.2) is 0 Å². The number of ether oxygens (including phenoxy) is 2. The number of methoxy groups -OCH3 is 1. The molecule has 0 bridgehead atoms. The summed E-state index contributed by atoms with van der Waals surface area (Å²) in [6, 6.07) is 4.06. The first kappa shape index (κ1) is 43.2. The van der Waals surface area contributed by atoms with Gasteiger partial charge in [-0.3, -0.25) is 19.2 Å². The Kier molecular flexibility index (Phi) is 18.7. The van der Waals surface area contributed by atoms with Gasteiger partial charge in [-0.25, -0.2) is 4.79 Å². The summed E-state index contributed by atoms with van der Waals surface area (Å²) in [5.41, 5.74) is 0.760. The average molecular weight is 716 g/mol. The molecule has 6 atom stereocenters. The molecule has 1 aliphatic heterocycles. The number of aldehydes is 1. The second kappa shape index (κ2) is 22.0. The minimum atomic E-state index is -1.06. The van der Waals surface area contributed by atoms with Crippen LogP contribution in [0.3, 0.4) is 0 Å². The molecule has 0 spiro atoms. The van der Waals surface area contributed by atoms with E-state index in [2.05, 4.69) is 21.3 Å². The maximum absolute atomic E-state index is 13.7. The summed E-state index contributed by atoms with van der Waals surface area (Å²) < 4.78 is 10.8. The Bertz CT molecular complexity index is 1290. The summed E-state index contributed by atoms with van der Waals surface area (Å²) in [7, 11) is 3.29. The highest BCUT2D eigenvalue weighted by molar-refractivity contribution is 5.92. The van der Waals surface area contributed by atoms with Gasteiger partial charge in [-0.2, -0.15) is 0 Å². The van der Waals surface area contributed by atoms with E-state index in [4.69, 9.17) is 9.47 Å². The van der Waals surface area contributed by atoms with Crippen LogP contribution >= 0.6 is 0 Å². The fourth-order valence-corrected chi connectivity index (χ4v) is 6.09. The highest BCUT2D eigenvalue weighted by Gasteiger charge is 2.38. The Hall–Kier alpha value is -4.00. The number of nitrogens with zero attached hydrogens (tertiary/aromatic N) is 1. The number of likely N-dealkylation sites (N-methyl/N-ethyl adjacent to an activating group) is 1. The molecule has 13 nitrogen and oxygen atoms in total. The number of hydrogen-bond acceptors (Lipinski definition) is 9. The largest absolute Gasteiger partial charge is 0.497 e. The monoisotopic (exact) mass is 715 g/mol. The van der Waals surface area contributed by atoms with Gasteiger partial charge in [-0.05, 0) is 68.2 Å². The molecule has 13 heteroatoms. The molecule has 1 heterocycles. The molecule has 0 radical (unpaired) electrons. The third-order valence-electron chi connectivity index (χ3n) is 9.52. The van der Waals surface area contributed by atoms with Gasteiger partial charge in [0, 0.05) is 25.4 Å². The predicted octanol–water partition coefficient (Wildman–Crippen LogP) is 2.93. The summed E-state index contributed by atoms with van der Waals surface area (Å²) >= 11 is 0. The van der Waals surface area contributed by atoms with Crippen LogP contribution in [0.5, 0.6) is 5.75 Å². The molecule has 1 aliphatic rings. The first-order valence-corrected chi connectivity index (χ1v) is 18.4. The molecule has 4 amide bonds. The highest BCUT2D eigenvalue weighted by atomic mass is 16.5. The molecule has 5 unspecified atom stereocenters. The van der Waals surface area contributed by atoms with E-state index in [1.165, 1.54) is 0 Å². The van der Waals surface area contributed by atoms with E-state index in [1.807, 2.05) is 41.5 Å². The summed E-state index contributed by atoms with van der Waals surface area (Å²) in [5, 5.41) is 11.6. The van der Waals surface area contributed by atoms with Crippen molar-refractivity contribution in [2.24, 2.45) is 17.8 Å². The molecule has 0 aromatic heterocycles.